The van der Waals surface area contributed by atoms with E-state index in [1.165, 1.54) is 0 Å². The van der Waals surface area contributed by atoms with Gasteiger partial charge in [0.25, 0.3) is 0 Å². The van der Waals surface area contributed by atoms with Gasteiger partial charge in [-0.05, 0) is 11.1 Å². The van der Waals surface area contributed by atoms with E-state index in [9.17, 15) is 9.59 Å². The highest BCUT2D eigenvalue weighted by atomic mass is 33.1. The van der Waals surface area contributed by atoms with E-state index in [2.05, 4.69) is 10.6 Å². The molecule has 2 N–H and O–H groups in total. The van der Waals surface area contributed by atoms with E-state index in [4.69, 9.17) is 0 Å². The maximum Gasteiger partial charge on any atom is 0.187 e. The molecule has 0 aliphatic rings. The van der Waals surface area contributed by atoms with Crippen molar-refractivity contribution in [3.63, 3.8) is 0 Å². The Balaban J connectivity index is 1.25. The van der Waals surface area contributed by atoms with Crippen molar-refractivity contribution >= 4 is 44.5 Å². The second-order valence-corrected chi connectivity index (χ2v) is 11.5. The summed E-state index contributed by atoms with van der Waals surface area (Å²) in [5.41, 5.74) is 4.96. The average molecular weight is 565 g/mol. The van der Waals surface area contributed by atoms with Crippen LogP contribution in [0.2, 0.25) is 0 Å². The van der Waals surface area contributed by atoms with Gasteiger partial charge < -0.3 is 10.6 Å². The van der Waals surface area contributed by atoms with Crippen LogP contribution >= 0.6 is 21.6 Å². The molecule has 0 aliphatic heterocycles. The van der Waals surface area contributed by atoms with Crippen LogP contribution in [0.4, 0.5) is 0 Å². The maximum absolute atomic E-state index is 12.8. The summed E-state index contributed by atoms with van der Waals surface area (Å²) in [6.07, 6.45) is 3.36. The minimum absolute atomic E-state index is 0.0203. The molecule has 0 aromatic heterocycles. The first-order valence-electron chi connectivity index (χ1n) is 13.2. The summed E-state index contributed by atoms with van der Waals surface area (Å²) in [5, 5.41) is 6.90. The fraction of sp³-hybridized carbons (Fsp3) is 0.118. The molecule has 6 heteroatoms. The first-order chi connectivity index (χ1) is 19.7. The van der Waals surface area contributed by atoms with Crippen molar-refractivity contribution < 1.29 is 9.59 Å². The number of nitrogens with one attached hydrogen (secondary N) is 2. The summed E-state index contributed by atoms with van der Waals surface area (Å²) in [7, 11) is 3.56. The van der Waals surface area contributed by atoms with Crippen LogP contribution in [-0.4, -0.2) is 36.2 Å². The van der Waals surface area contributed by atoms with Crippen molar-refractivity contribution in [1.29, 1.82) is 0 Å². The Morgan fingerprint density at radius 1 is 0.475 bits per heavy atom. The molecule has 0 spiro atoms. The van der Waals surface area contributed by atoms with Gasteiger partial charge in [-0.15, -0.1) is 0 Å². The number of hydrogen-bond acceptors (Lipinski definition) is 6. The molecule has 0 fully saturated rings. The fourth-order valence-electron chi connectivity index (χ4n) is 3.91. The molecule has 0 bridgehead atoms. The molecule has 4 rings (SSSR count). The minimum atomic E-state index is -0.0203. The zero-order chi connectivity index (χ0) is 27.8. The van der Waals surface area contributed by atoms with E-state index in [0.29, 0.717) is 11.1 Å². The van der Waals surface area contributed by atoms with E-state index < -0.39 is 0 Å². The fourth-order valence-corrected chi connectivity index (χ4v) is 5.73. The van der Waals surface area contributed by atoms with Crippen molar-refractivity contribution in [3.8, 4) is 0 Å². The number of rotatable bonds is 15. The smallest absolute Gasteiger partial charge is 0.187 e. The molecule has 0 amide bonds. The molecule has 4 nitrogen and oxygen atoms in total. The first kappa shape index (κ1) is 29.0. The molecule has 4 aromatic rings. The van der Waals surface area contributed by atoms with Crippen LogP contribution in [0.1, 0.15) is 31.8 Å². The quantitative estimate of drug-likeness (QED) is 0.0679. The Kier molecular flexibility index (Phi) is 11.7. The summed E-state index contributed by atoms with van der Waals surface area (Å²) in [4.78, 5) is 25.6. The molecule has 0 unspecified atom stereocenters. The predicted molar refractivity (Wildman–Crippen MR) is 171 cm³/mol. The lowest BCUT2D eigenvalue weighted by atomic mass is 10.1. The third kappa shape index (κ3) is 9.33. The van der Waals surface area contributed by atoms with Gasteiger partial charge in [-0.25, -0.2) is 0 Å². The van der Waals surface area contributed by atoms with Crippen molar-refractivity contribution in [1.82, 2.24) is 10.6 Å². The van der Waals surface area contributed by atoms with Crippen molar-refractivity contribution in [2.24, 2.45) is 0 Å². The topological polar surface area (TPSA) is 58.2 Å². The first-order valence-corrected chi connectivity index (χ1v) is 15.6. The highest BCUT2D eigenvalue weighted by Gasteiger charge is 2.08. The molecule has 0 saturated carbocycles. The van der Waals surface area contributed by atoms with Crippen molar-refractivity contribution in [2.45, 2.75) is 0 Å². The van der Waals surface area contributed by atoms with Crippen molar-refractivity contribution in [3.05, 3.63) is 156 Å². The largest absolute Gasteiger partial charge is 0.384 e. The Labute approximate surface area is 244 Å². The van der Waals surface area contributed by atoms with Crippen LogP contribution in [0, 0.1) is 0 Å². The summed E-state index contributed by atoms with van der Waals surface area (Å²) < 4.78 is 0. The highest BCUT2D eigenvalue weighted by molar-refractivity contribution is 8.76. The lowest BCUT2D eigenvalue weighted by molar-refractivity contribution is 0.103. The molecule has 0 aliphatic carbocycles. The predicted octanol–water partition coefficient (Wildman–Crippen LogP) is 7.40. The lowest BCUT2D eigenvalue weighted by Crippen LogP contribution is -2.18. The monoisotopic (exact) mass is 564 g/mol. The number of allylic oxidation sites excluding steroid dienone is 2. The molecule has 202 valence electrons. The third-order valence-corrected chi connectivity index (χ3v) is 8.33. The van der Waals surface area contributed by atoms with Gasteiger partial charge >= 0.3 is 0 Å². The van der Waals surface area contributed by atoms with E-state index in [-0.39, 0.29) is 11.6 Å². The summed E-state index contributed by atoms with van der Waals surface area (Å²) in [5.74, 6) is 1.71. The Hall–Kier alpha value is -4.00. The Bertz CT molecular complexity index is 1300. The lowest BCUT2D eigenvalue weighted by Gasteiger charge is -2.12. The number of carbonyl (C=O) groups is 2. The van der Waals surface area contributed by atoms with E-state index >= 15 is 0 Å². The van der Waals surface area contributed by atoms with Crippen molar-refractivity contribution in [2.75, 3.05) is 24.6 Å². The van der Waals surface area contributed by atoms with Crippen LogP contribution in [0.25, 0.3) is 11.4 Å². The summed E-state index contributed by atoms with van der Waals surface area (Å²) in [6, 6.07) is 38.5. The third-order valence-electron chi connectivity index (χ3n) is 5.92. The Morgan fingerprint density at radius 3 is 1.10 bits per heavy atom. The number of hydrogen-bond donors (Lipinski definition) is 2. The molecular formula is C34H32N2O2S2. The summed E-state index contributed by atoms with van der Waals surface area (Å²) >= 11 is 0. The normalized spacial score (nSPS) is 11.6. The highest BCUT2D eigenvalue weighted by Crippen LogP contribution is 2.21. The molecule has 0 radical (unpaired) electrons. The SMILES string of the molecule is O=C(/C=C(/NCCSSCCN/C(=C/C(=O)c1ccccc1)c1ccccc1)c1ccccc1)c1ccccc1. The number of benzene rings is 4. The zero-order valence-corrected chi connectivity index (χ0v) is 23.8. The zero-order valence-electron chi connectivity index (χ0n) is 22.2. The van der Waals surface area contributed by atoms with E-state index in [1.807, 2.05) is 121 Å². The average Bonchev–Trinajstić information content (AvgIpc) is 3.02. The molecule has 0 heterocycles. The molecule has 0 atom stereocenters. The van der Waals surface area contributed by atoms with E-state index in [1.54, 1.807) is 33.7 Å². The molecular weight excluding hydrogens is 533 g/mol. The second-order valence-electron chi connectivity index (χ2n) is 8.81. The van der Waals surface area contributed by atoms with Gasteiger partial charge in [0.2, 0.25) is 0 Å². The van der Waals surface area contributed by atoms with Gasteiger partial charge in [-0.2, -0.15) is 0 Å². The number of ketones is 2. The maximum atomic E-state index is 12.8. The van der Waals surface area contributed by atoms with Gasteiger partial charge in [-0.3, -0.25) is 9.59 Å². The van der Waals surface area contributed by atoms with Crippen LogP contribution < -0.4 is 10.6 Å². The standard InChI is InChI=1S/C34H32N2O2S2/c37-33(29-17-9-3-10-18-29)25-31(27-13-5-1-6-14-27)35-21-23-39-40-24-22-36-32(28-15-7-2-8-16-28)26-34(38)30-19-11-4-12-20-30/h1-20,25-26,35-36H,21-24H2/b31-25+,32-26+. The van der Waals surface area contributed by atoms with Crippen LogP contribution in [-0.2, 0) is 0 Å². The van der Waals surface area contributed by atoms with E-state index in [0.717, 1.165) is 47.1 Å². The van der Waals surface area contributed by atoms with Gasteiger partial charge in [0, 0.05) is 59.3 Å². The van der Waals surface area contributed by atoms with Gasteiger partial charge in [0.15, 0.2) is 11.6 Å². The summed E-state index contributed by atoms with van der Waals surface area (Å²) in [6.45, 7) is 1.46. The Morgan fingerprint density at radius 2 is 0.775 bits per heavy atom. The van der Waals surface area contributed by atoms with Gasteiger partial charge in [0.1, 0.15) is 0 Å². The molecule has 4 aromatic carbocycles. The minimum Gasteiger partial charge on any atom is -0.384 e. The van der Waals surface area contributed by atoms with Gasteiger partial charge in [0.05, 0.1) is 0 Å². The molecule has 40 heavy (non-hydrogen) atoms. The van der Waals surface area contributed by atoms with Crippen LogP contribution in [0.5, 0.6) is 0 Å². The number of carbonyl (C=O) groups excluding carboxylic acids is 2. The van der Waals surface area contributed by atoms with Crippen LogP contribution in [0.15, 0.2) is 133 Å². The van der Waals surface area contributed by atoms with Crippen LogP contribution in [0.3, 0.4) is 0 Å². The van der Waals surface area contributed by atoms with Gasteiger partial charge in [-0.1, -0.05) is 143 Å². The second kappa shape index (κ2) is 16.2. The molecule has 0 saturated heterocycles.